The Hall–Kier alpha value is -3.84. The Morgan fingerprint density at radius 2 is 0.778 bits per heavy atom. The molecule has 12 nitrogen and oxygen atoms in total. The minimum absolute atomic E-state index is 0.0206. The monoisotopic (exact) mass is 1140 g/mol. The summed E-state index contributed by atoms with van der Waals surface area (Å²) in [5.74, 6) is -3.15. The summed E-state index contributed by atoms with van der Waals surface area (Å²) < 4.78 is 28.5. The van der Waals surface area contributed by atoms with Gasteiger partial charge in [-0.3, -0.25) is 14.4 Å². The second-order valence-corrected chi connectivity index (χ2v) is 22.4. The quantitative estimate of drug-likeness (QED) is 0.0228. The average molecular weight is 1140 g/mol. The lowest BCUT2D eigenvalue weighted by Gasteiger charge is -2.40. The molecule has 3 N–H and O–H groups in total. The molecule has 1 saturated heterocycles. The van der Waals surface area contributed by atoms with Crippen LogP contribution in [0.2, 0.25) is 0 Å². The summed E-state index contributed by atoms with van der Waals surface area (Å²) >= 11 is 0. The van der Waals surface area contributed by atoms with Gasteiger partial charge in [0.1, 0.15) is 18.8 Å². The molecular formula is C69H118O12. The van der Waals surface area contributed by atoms with Gasteiger partial charge in [-0.05, 0) is 89.9 Å². The second-order valence-electron chi connectivity index (χ2n) is 22.4. The van der Waals surface area contributed by atoms with E-state index in [-0.39, 0.29) is 25.9 Å². The number of aliphatic carboxylic acids is 1. The molecular weight excluding hydrogens is 1020 g/mol. The predicted molar refractivity (Wildman–Crippen MR) is 331 cm³/mol. The van der Waals surface area contributed by atoms with E-state index in [4.69, 9.17) is 23.7 Å². The van der Waals surface area contributed by atoms with Gasteiger partial charge < -0.3 is 39.0 Å². The Labute approximate surface area is 493 Å². The number of rotatable bonds is 56. The number of allylic oxidation sites excluding steroid dienone is 12. The molecule has 0 saturated carbocycles. The van der Waals surface area contributed by atoms with Crippen LogP contribution in [0.3, 0.4) is 0 Å². The number of esters is 3. The molecule has 0 bridgehead atoms. The van der Waals surface area contributed by atoms with Crippen molar-refractivity contribution in [3.05, 3.63) is 72.9 Å². The van der Waals surface area contributed by atoms with E-state index in [2.05, 4.69) is 93.7 Å². The van der Waals surface area contributed by atoms with Gasteiger partial charge in [-0.25, -0.2) is 4.79 Å². The van der Waals surface area contributed by atoms with Crippen molar-refractivity contribution in [3.63, 3.8) is 0 Å². The van der Waals surface area contributed by atoms with Gasteiger partial charge in [0, 0.05) is 19.3 Å². The number of carboxylic acids is 1. The lowest BCUT2D eigenvalue weighted by atomic mass is 9.98. The summed E-state index contributed by atoms with van der Waals surface area (Å²) in [5, 5.41) is 31.6. The molecule has 1 aliphatic heterocycles. The number of aliphatic hydroxyl groups is 2. The van der Waals surface area contributed by atoms with E-state index in [1.807, 2.05) is 0 Å². The molecule has 0 spiro atoms. The highest BCUT2D eigenvalue weighted by Gasteiger charge is 2.50. The SMILES string of the molecule is CC/C=C\C/C=C\C/C=C\C/C=C\C/C=C\CCCCCC(=O)OC1C(OCC(COC(=O)CCCCCCCCC/C=C\CCCCCCCC)OC(=O)CCCCCCCCCCCCCCCCC)OC(C(=O)O)C(O)C1O. The summed E-state index contributed by atoms with van der Waals surface area (Å²) in [6.45, 7) is 5.90. The molecule has 466 valence electrons. The Morgan fingerprint density at radius 3 is 1.21 bits per heavy atom. The highest BCUT2D eigenvalue weighted by molar-refractivity contribution is 5.74. The minimum Gasteiger partial charge on any atom is -0.479 e. The topological polar surface area (TPSA) is 175 Å². The molecule has 1 heterocycles. The van der Waals surface area contributed by atoms with E-state index in [1.165, 1.54) is 135 Å². The number of hydrogen-bond acceptors (Lipinski definition) is 11. The second kappa shape index (κ2) is 56.6. The van der Waals surface area contributed by atoms with E-state index < -0.39 is 67.3 Å². The van der Waals surface area contributed by atoms with Gasteiger partial charge in [0.25, 0.3) is 0 Å². The smallest absolute Gasteiger partial charge is 0.335 e. The number of hydrogen-bond donors (Lipinski definition) is 3. The number of carbonyl (C=O) groups excluding carboxylic acids is 3. The Kier molecular flexibility index (Phi) is 52.6. The van der Waals surface area contributed by atoms with Gasteiger partial charge in [0.15, 0.2) is 24.6 Å². The van der Waals surface area contributed by atoms with Crippen molar-refractivity contribution in [2.24, 2.45) is 0 Å². The molecule has 1 fully saturated rings. The number of ether oxygens (including phenoxy) is 5. The molecule has 0 radical (unpaired) electrons. The number of unbranched alkanes of at least 4 members (excludes halogenated alkanes) is 30. The molecule has 0 amide bonds. The van der Waals surface area contributed by atoms with Gasteiger partial charge in [-0.2, -0.15) is 0 Å². The first kappa shape index (κ1) is 75.2. The van der Waals surface area contributed by atoms with Gasteiger partial charge >= 0.3 is 23.9 Å². The fourth-order valence-corrected chi connectivity index (χ4v) is 9.74. The van der Waals surface area contributed by atoms with Crippen LogP contribution in [0, 0.1) is 0 Å². The van der Waals surface area contributed by atoms with Crippen LogP contribution < -0.4 is 0 Å². The number of carboxylic acid groups (broad SMARTS) is 1. The summed E-state index contributed by atoms with van der Waals surface area (Å²) in [6, 6.07) is 0. The third-order valence-corrected chi connectivity index (χ3v) is 14.8. The zero-order valence-corrected chi connectivity index (χ0v) is 51.5. The molecule has 1 aliphatic rings. The molecule has 6 unspecified atom stereocenters. The zero-order chi connectivity index (χ0) is 58.9. The van der Waals surface area contributed by atoms with Crippen molar-refractivity contribution in [1.29, 1.82) is 0 Å². The maximum absolute atomic E-state index is 13.2. The normalized spacial score (nSPS) is 18.2. The van der Waals surface area contributed by atoms with Crippen LogP contribution in [0.25, 0.3) is 0 Å². The third kappa shape index (κ3) is 46.3. The number of aliphatic hydroxyl groups excluding tert-OH is 2. The summed E-state index contributed by atoms with van der Waals surface area (Å²) in [4.78, 5) is 51.3. The largest absolute Gasteiger partial charge is 0.479 e. The van der Waals surface area contributed by atoms with Crippen LogP contribution >= 0.6 is 0 Å². The van der Waals surface area contributed by atoms with Crippen LogP contribution in [-0.2, 0) is 42.9 Å². The number of carbonyl (C=O) groups is 4. The Bertz CT molecular complexity index is 1680. The van der Waals surface area contributed by atoms with Gasteiger partial charge in [0.2, 0.25) is 0 Å². The predicted octanol–water partition coefficient (Wildman–Crippen LogP) is 17.7. The Balaban J connectivity index is 2.67. The lowest BCUT2D eigenvalue weighted by molar-refractivity contribution is -0.301. The van der Waals surface area contributed by atoms with Crippen LogP contribution in [0.1, 0.15) is 290 Å². The molecule has 0 aliphatic carbocycles. The van der Waals surface area contributed by atoms with Crippen molar-refractivity contribution in [3.8, 4) is 0 Å². The maximum atomic E-state index is 13.2. The van der Waals surface area contributed by atoms with E-state index >= 15 is 0 Å². The molecule has 0 aromatic carbocycles. The van der Waals surface area contributed by atoms with Gasteiger partial charge in [-0.1, -0.05) is 254 Å². The molecule has 0 aromatic heterocycles. The van der Waals surface area contributed by atoms with E-state index in [9.17, 15) is 34.5 Å². The fraction of sp³-hybridized carbons (Fsp3) is 0.768. The summed E-state index contributed by atoms with van der Waals surface area (Å²) in [5.41, 5.74) is 0. The first-order valence-corrected chi connectivity index (χ1v) is 32.9. The third-order valence-electron chi connectivity index (χ3n) is 14.8. The molecule has 1 rings (SSSR count). The summed E-state index contributed by atoms with van der Waals surface area (Å²) in [6.07, 6.45) is 60.0. The zero-order valence-electron chi connectivity index (χ0n) is 51.5. The van der Waals surface area contributed by atoms with Crippen LogP contribution in [0.5, 0.6) is 0 Å². The van der Waals surface area contributed by atoms with Crippen molar-refractivity contribution in [2.75, 3.05) is 13.2 Å². The maximum Gasteiger partial charge on any atom is 0.335 e. The molecule has 81 heavy (non-hydrogen) atoms. The highest BCUT2D eigenvalue weighted by Crippen LogP contribution is 2.27. The fourth-order valence-electron chi connectivity index (χ4n) is 9.74. The van der Waals surface area contributed by atoms with Gasteiger partial charge in [-0.15, -0.1) is 0 Å². The molecule has 0 aromatic rings. The van der Waals surface area contributed by atoms with Crippen LogP contribution in [0.4, 0.5) is 0 Å². The standard InChI is InChI=1S/C69H118O12/c1-4-7-10-13-16-19-22-25-28-30-31-33-36-39-42-45-48-51-54-57-63(72)80-67-65(74)64(73)66(68(75)76)81-69(67)78-59-60(79-62(71)56-53-50-47-44-41-38-34-27-24-21-18-15-12-9-6-3)58-77-61(70)55-52-49-46-43-40-37-35-32-29-26-23-20-17-14-11-8-5-2/h7,10,16,19,25-26,28-29,31,33,39,42,60,64-67,69,73-74H,4-6,8-9,11-15,17-18,20-24,27,30,32,34-38,40-41,43-59H2,1-3H3,(H,75,76)/b10-7-,19-16-,28-25-,29-26-,33-31-,42-39-. The molecule has 12 heteroatoms. The first-order chi connectivity index (χ1) is 39.6. The van der Waals surface area contributed by atoms with Crippen molar-refractivity contribution < 1.29 is 58.2 Å². The van der Waals surface area contributed by atoms with E-state index in [0.29, 0.717) is 19.3 Å². The van der Waals surface area contributed by atoms with E-state index in [0.717, 1.165) is 96.3 Å². The average Bonchev–Trinajstić information content (AvgIpc) is 3.54. The van der Waals surface area contributed by atoms with Crippen LogP contribution in [0.15, 0.2) is 72.9 Å². The van der Waals surface area contributed by atoms with Crippen molar-refractivity contribution >= 4 is 23.9 Å². The highest BCUT2D eigenvalue weighted by atomic mass is 16.7. The Morgan fingerprint density at radius 1 is 0.420 bits per heavy atom. The minimum atomic E-state index is -1.92. The van der Waals surface area contributed by atoms with Crippen molar-refractivity contribution in [1.82, 2.24) is 0 Å². The van der Waals surface area contributed by atoms with Crippen LogP contribution in [-0.4, -0.2) is 89.2 Å². The van der Waals surface area contributed by atoms with Crippen molar-refractivity contribution in [2.45, 2.75) is 327 Å². The lowest BCUT2D eigenvalue weighted by Crippen LogP contribution is -2.61. The van der Waals surface area contributed by atoms with Gasteiger partial charge in [0.05, 0.1) is 6.61 Å². The van der Waals surface area contributed by atoms with E-state index in [1.54, 1.807) is 0 Å². The first-order valence-electron chi connectivity index (χ1n) is 32.9. The molecule has 6 atom stereocenters. The summed E-state index contributed by atoms with van der Waals surface area (Å²) in [7, 11) is 0.